The fourth-order valence-corrected chi connectivity index (χ4v) is 4.09. The number of ketones is 2. The van der Waals surface area contributed by atoms with Gasteiger partial charge in [-0.15, -0.1) is 0 Å². The van der Waals surface area contributed by atoms with Crippen molar-refractivity contribution in [1.82, 2.24) is 5.32 Å². The molecule has 1 unspecified atom stereocenters. The highest BCUT2D eigenvalue weighted by Crippen LogP contribution is 2.45. The van der Waals surface area contributed by atoms with E-state index in [1.54, 1.807) is 0 Å². The topological polar surface area (TPSA) is 46.2 Å². The maximum absolute atomic E-state index is 12.6. The molecule has 1 aromatic rings. The van der Waals surface area contributed by atoms with Crippen LogP contribution in [0, 0.1) is 0 Å². The molecule has 0 amide bonds. The second kappa shape index (κ2) is 4.18. The minimum absolute atomic E-state index is 0.0491. The van der Waals surface area contributed by atoms with Crippen LogP contribution in [0.15, 0.2) is 41.1 Å². The van der Waals surface area contributed by atoms with Crippen molar-refractivity contribution in [2.45, 2.75) is 24.0 Å². The summed E-state index contributed by atoms with van der Waals surface area (Å²) in [4.78, 5) is 24.7. The third-order valence-electron chi connectivity index (χ3n) is 4.31. The molecule has 4 rings (SSSR count). The fraction of sp³-hybridized carbons (Fsp3) is 0.250. The summed E-state index contributed by atoms with van der Waals surface area (Å²) in [5, 5.41) is 3.37. The molecule has 1 heterocycles. The van der Waals surface area contributed by atoms with Gasteiger partial charge < -0.3 is 5.32 Å². The van der Waals surface area contributed by atoms with Crippen LogP contribution in [0.5, 0.6) is 0 Å². The Morgan fingerprint density at radius 3 is 2.60 bits per heavy atom. The molecule has 2 radical (unpaired) electrons. The Hall–Kier alpha value is -1.63. The van der Waals surface area contributed by atoms with Gasteiger partial charge in [0.15, 0.2) is 11.6 Å². The van der Waals surface area contributed by atoms with E-state index in [2.05, 4.69) is 21.6 Å². The SMILES string of the molecule is O=C1CCCC2=C1[CH]([Al])C1=C(N2)c2ccccc2C1=O. The molecule has 4 heteroatoms. The largest absolute Gasteiger partial charge is 0.358 e. The number of nitrogens with one attached hydrogen (secondary N) is 1. The normalized spacial score (nSPS) is 24.3. The number of dihydropyridines is 1. The summed E-state index contributed by atoms with van der Waals surface area (Å²) >= 11 is 2.69. The Balaban J connectivity index is 1.88. The van der Waals surface area contributed by atoms with E-state index in [1.807, 2.05) is 24.3 Å². The van der Waals surface area contributed by atoms with Crippen LogP contribution in [-0.4, -0.2) is 27.9 Å². The molecule has 2 aliphatic carbocycles. The Kier molecular flexibility index (Phi) is 2.54. The van der Waals surface area contributed by atoms with Gasteiger partial charge in [-0.2, -0.15) is 0 Å². The summed E-state index contributed by atoms with van der Waals surface area (Å²) in [6.45, 7) is 0. The van der Waals surface area contributed by atoms with Crippen LogP contribution in [0.25, 0.3) is 5.70 Å². The van der Waals surface area contributed by atoms with E-state index in [-0.39, 0.29) is 16.3 Å². The second-order valence-electron chi connectivity index (χ2n) is 5.44. The van der Waals surface area contributed by atoms with Gasteiger partial charge >= 0.3 is 0 Å². The molecule has 20 heavy (non-hydrogen) atoms. The lowest BCUT2D eigenvalue weighted by atomic mass is 9.86. The van der Waals surface area contributed by atoms with Crippen molar-refractivity contribution in [3.05, 3.63) is 52.2 Å². The zero-order valence-electron chi connectivity index (χ0n) is 10.9. The van der Waals surface area contributed by atoms with Gasteiger partial charge in [0.1, 0.15) is 16.3 Å². The van der Waals surface area contributed by atoms with Gasteiger partial charge in [0.05, 0.1) is 5.70 Å². The van der Waals surface area contributed by atoms with Crippen LogP contribution >= 0.6 is 0 Å². The quantitative estimate of drug-likeness (QED) is 0.739. The standard InChI is InChI=1S/C16H12NO2.Al/c18-14-7-3-6-13-11(14)8-12-15(17-13)9-4-1-2-5-10(9)16(12)19;/h1-2,4-5,8,17H,3,6-7H2;. The molecule has 1 aromatic carbocycles. The molecule has 0 spiro atoms. The van der Waals surface area contributed by atoms with Crippen molar-refractivity contribution in [2.24, 2.45) is 0 Å². The van der Waals surface area contributed by atoms with Crippen molar-refractivity contribution in [1.29, 1.82) is 0 Å². The highest BCUT2D eigenvalue weighted by Gasteiger charge is 2.39. The summed E-state index contributed by atoms with van der Waals surface area (Å²) in [5.74, 6) is 0.224. The Labute approximate surface area is 125 Å². The van der Waals surface area contributed by atoms with Crippen LogP contribution in [0.1, 0.15) is 35.2 Å². The van der Waals surface area contributed by atoms with E-state index < -0.39 is 0 Å². The number of hydrogen-bond acceptors (Lipinski definition) is 3. The van der Waals surface area contributed by atoms with Gasteiger partial charge in [-0.1, -0.05) is 24.3 Å². The molecule has 96 valence electrons. The lowest BCUT2D eigenvalue weighted by Gasteiger charge is -2.31. The van der Waals surface area contributed by atoms with Crippen LogP contribution in [-0.2, 0) is 4.79 Å². The molecule has 3 nitrogen and oxygen atoms in total. The zero-order valence-corrected chi connectivity index (χ0v) is 12.1. The van der Waals surface area contributed by atoms with Crippen LogP contribution in [0.4, 0.5) is 0 Å². The fourth-order valence-electron chi connectivity index (χ4n) is 3.38. The number of fused-ring (bicyclic) bond motifs is 2. The van der Waals surface area contributed by atoms with Crippen molar-refractivity contribution in [2.75, 3.05) is 0 Å². The summed E-state index contributed by atoms with van der Waals surface area (Å²) in [7, 11) is 0. The molecule has 0 fully saturated rings. The van der Waals surface area contributed by atoms with Gasteiger partial charge in [-0.3, -0.25) is 9.59 Å². The number of allylic oxidation sites excluding steroid dienone is 3. The van der Waals surface area contributed by atoms with E-state index in [1.165, 1.54) is 0 Å². The third kappa shape index (κ3) is 1.47. The predicted molar refractivity (Wildman–Crippen MR) is 76.2 cm³/mol. The first-order valence-corrected chi connectivity index (χ1v) is 7.52. The number of Topliss-reactive ketones (excluding diaryl/α,β-unsaturated/α-hetero) is 2. The lowest BCUT2D eigenvalue weighted by Crippen LogP contribution is -2.30. The number of carbonyl (C=O) groups excluding carboxylic acids is 2. The second-order valence-corrected chi connectivity index (χ2v) is 6.10. The highest BCUT2D eigenvalue weighted by molar-refractivity contribution is 6.32. The van der Waals surface area contributed by atoms with Gasteiger partial charge in [0.25, 0.3) is 0 Å². The average Bonchev–Trinajstić information content (AvgIpc) is 2.73. The summed E-state index contributed by atoms with van der Waals surface area (Å²) in [5.41, 5.74) is 5.13. The summed E-state index contributed by atoms with van der Waals surface area (Å²) in [6.07, 6.45) is 2.37. The van der Waals surface area contributed by atoms with Crippen molar-refractivity contribution in [3.63, 3.8) is 0 Å². The first kappa shape index (κ1) is 12.1. The molecular formula is C16H12AlNO2. The van der Waals surface area contributed by atoms with Crippen molar-refractivity contribution >= 4 is 33.6 Å². The number of rotatable bonds is 0. The minimum Gasteiger partial charge on any atom is -0.358 e. The predicted octanol–water partition coefficient (Wildman–Crippen LogP) is 2.16. The number of hydrogen-bond donors (Lipinski definition) is 1. The third-order valence-corrected chi connectivity index (χ3v) is 4.98. The molecular weight excluding hydrogens is 265 g/mol. The zero-order chi connectivity index (χ0) is 13.9. The molecule has 1 aliphatic heterocycles. The van der Waals surface area contributed by atoms with E-state index in [0.717, 1.165) is 46.5 Å². The van der Waals surface area contributed by atoms with E-state index in [9.17, 15) is 9.59 Å². The van der Waals surface area contributed by atoms with Gasteiger partial charge in [-0.05, 0) is 17.6 Å². The lowest BCUT2D eigenvalue weighted by molar-refractivity contribution is -0.116. The Bertz CT molecular complexity index is 730. The molecule has 0 aromatic heterocycles. The summed E-state index contributed by atoms with van der Waals surface area (Å²) in [6, 6.07) is 7.65. The first-order valence-electron chi connectivity index (χ1n) is 6.85. The molecule has 0 saturated carbocycles. The monoisotopic (exact) mass is 277 g/mol. The number of carbonyl (C=O) groups is 2. The number of benzene rings is 1. The molecule has 1 N–H and O–H groups in total. The molecule has 3 aliphatic rings. The first-order chi connectivity index (χ1) is 9.68. The van der Waals surface area contributed by atoms with Gasteiger partial charge in [0.2, 0.25) is 0 Å². The molecule has 0 saturated heterocycles. The van der Waals surface area contributed by atoms with Gasteiger partial charge in [-0.25, -0.2) is 0 Å². The van der Waals surface area contributed by atoms with E-state index >= 15 is 0 Å². The Morgan fingerprint density at radius 2 is 1.80 bits per heavy atom. The van der Waals surface area contributed by atoms with Crippen LogP contribution in [0.3, 0.4) is 0 Å². The van der Waals surface area contributed by atoms with Crippen LogP contribution < -0.4 is 5.32 Å². The maximum Gasteiger partial charge on any atom is 0.191 e. The Morgan fingerprint density at radius 1 is 1.05 bits per heavy atom. The van der Waals surface area contributed by atoms with Crippen LogP contribution in [0.2, 0.25) is 4.78 Å². The van der Waals surface area contributed by atoms with E-state index in [4.69, 9.17) is 0 Å². The minimum atomic E-state index is -0.172. The highest BCUT2D eigenvalue weighted by atomic mass is 27.0. The average molecular weight is 277 g/mol. The smallest absolute Gasteiger partial charge is 0.191 e. The molecule has 1 atom stereocenters. The van der Waals surface area contributed by atoms with Crippen molar-refractivity contribution < 1.29 is 9.59 Å². The van der Waals surface area contributed by atoms with Crippen molar-refractivity contribution in [3.8, 4) is 0 Å². The van der Waals surface area contributed by atoms with E-state index in [0.29, 0.717) is 6.42 Å². The van der Waals surface area contributed by atoms with Gasteiger partial charge in [0, 0.05) is 34.4 Å². The maximum atomic E-state index is 12.6. The summed E-state index contributed by atoms with van der Waals surface area (Å²) < 4.78 is -0.172. The molecule has 0 bridgehead atoms.